The van der Waals surface area contributed by atoms with Gasteiger partial charge in [0.05, 0.1) is 27.5 Å². The standard InChI is InChI=1S/C19H16Cl2N4O4/c1-24(9-16(26)22-11-6-7-13(20)14(21)8-11)17(27)10-25-15-5-3-2-4-12(15)18(28)23-19(25)29/h2-8H,9-10H2,1H3,(H,22,26)(H,23,28,29). The SMILES string of the molecule is CN(CC(=O)Nc1ccc(Cl)c(Cl)c1)C(=O)Cn1c(=O)[nH]c(=O)c2ccccc21. The van der Waals surface area contributed by atoms with Gasteiger partial charge < -0.3 is 10.2 Å². The monoisotopic (exact) mass is 434 g/mol. The van der Waals surface area contributed by atoms with Crippen molar-refractivity contribution < 1.29 is 9.59 Å². The summed E-state index contributed by atoms with van der Waals surface area (Å²) in [4.78, 5) is 52.2. The molecule has 2 aromatic carbocycles. The summed E-state index contributed by atoms with van der Waals surface area (Å²) in [7, 11) is 1.44. The highest BCUT2D eigenvalue weighted by molar-refractivity contribution is 6.42. The van der Waals surface area contributed by atoms with Crippen LogP contribution in [0.5, 0.6) is 0 Å². The van der Waals surface area contributed by atoms with Gasteiger partial charge >= 0.3 is 5.69 Å². The van der Waals surface area contributed by atoms with E-state index in [1.165, 1.54) is 18.0 Å². The summed E-state index contributed by atoms with van der Waals surface area (Å²) in [5, 5.41) is 3.55. The van der Waals surface area contributed by atoms with Crippen molar-refractivity contribution in [2.75, 3.05) is 18.9 Å². The van der Waals surface area contributed by atoms with Gasteiger partial charge in [-0.1, -0.05) is 35.3 Å². The molecule has 0 saturated carbocycles. The summed E-state index contributed by atoms with van der Waals surface area (Å²) in [6.45, 7) is -0.568. The van der Waals surface area contributed by atoms with E-state index in [-0.39, 0.29) is 13.1 Å². The minimum atomic E-state index is -0.698. The van der Waals surface area contributed by atoms with Crippen molar-refractivity contribution in [3.05, 3.63) is 73.3 Å². The van der Waals surface area contributed by atoms with E-state index < -0.39 is 23.1 Å². The Morgan fingerprint density at radius 1 is 1.10 bits per heavy atom. The number of aromatic nitrogens is 2. The maximum Gasteiger partial charge on any atom is 0.329 e. The minimum absolute atomic E-state index is 0.241. The van der Waals surface area contributed by atoms with Crippen LogP contribution in [-0.2, 0) is 16.1 Å². The molecule has 0 aliphatic heterocycles. The third-order valence-electron chi connectivity index (χ3n) is 4.21. The Labute approximate surface area is 174 Å². The second-order valence-electron chi connectivity index (χ2n) is 6.29. The molecule has 3 rings (SSSR count). The number of aromatic amines is 1. The molecule has 0 bridgehead atoms. The number of H-pyrrole nitrogens is 1. The fourth-order valence-electron chi connectivity index (χ4n) is 2.73. The number of hydrogen-bond acceptors (Lipinski definition) is 4. The molecule has 0 aliphatic carbocycles. The lowest BCUT2D eigenvalue weighted by Crippen LogP contribution is -2.40. The number of carbonyl (C=O) groups excluding carboxylic acids is 2. The summed E-state index contributed by atoms with van der Waals surface area (Å²) in [6, 6.07) is 11.1. The zero-order valence-electron chi connectivity index (χ0n) is 15.2. The fraction of sp³-hybridized carbons (Fsp3) is 0.158. The molecule has 10 heteroatoms. The van der Waals surface area contributed by atoms with Crippen LogP contribution >= 0.6 is 23.2 Å². The molecule has 0 fully saturated rings. The number of nitrogens with zero attached hydrogens (tertiary/aromatic N) is 2. The molecule has 1 heterocycles. The summed E-state index contributed by atoms with van der Waals surface area (Å²) < 4.78 is 1.16. The van der Waals surface area contributed by atoms with E-state index in [0.717, 1.165) is 4.57 Å². The Morgan fingerprint density at radius 2 is 1.83 bits per heavy atom. The van der Waals surface area contributed by atoms with Gasteiger partial charge in [0.25, 0.3) is 5.56 Å². The third-order valence-corrected chi connectivity index (χ3v) is 4.95. The first-order valence-electron chi connectivity index (χ1n) is 8.47. The maximum atomic E-state index is 12.5. The number of amides is 2. The van der Waals surface area contributed by atoms with E-state index in [9.17, 15) is 19.2 Å². The number of rotatable bonds is 5. The lowest BCUT2D eigenvalue weighted by atomic mass is 10.2. The molecule has 0 atom stereocenters. The van der Waals surface area contributed by atoms with Crippen molar-refractivity contribution in [1.82, 2.24) is 14.5 Å². The number of para-hydroxylation sites is 1. The van der Waals surface area contributed by atoms with Gasteiger partial charge in [0.2, 0.25) is 11.8 Å². The average Bonchev–Trinajstić information content (AvgIpc) is 2.67. The van der Waals surface area contributed by atoms with Crippen LogP contribution in [0.2, 0.25) is 10.0 Å². The van der Waals surface area contributed by atoms with E-state index in [0.29, 0.717) is 26.6 Å². The first-order valence-corrected chi connectivity index (χ1v) is 9.22. The molecule has 0 aliphatic rings. The molecule has 150 valence electrons. The van der Waals surface area contributed by atoms with Crippen LogP contribution < -0.4 is 16.6 Å². The minimum Gasteiger partial charge on any atom is -0.335 e. The smallest absolute Gasteiger partial charge is 0.329 e. The van der Waals surface area contributed by atoms with E-state index in [1.807, 2.05) is 0 Å². The highest BCUT2D eigenvalue weighted by atomic mass is 35.5. The number of halogens is 2. The molecule has 2 N–H and O–H groups in total. The summed E-state index contributed by atoms with van der Waals surface area (Å²) in [5.74, 6) is -0.925. The molecular weight excluding hydrogens is 419 g/mol. The molecular formula is C19H16Cl2N4O4. The Balaban J connectivity index is 1.72. The first kappa shape index (κ1) is 20.6. The Bertz CT molecular complexity index is 1220. The van der Waals surface area contributed by atoms with E-state index in [4.69, 9.17) is 23.2 Å². The van der Waals surface area contributed by atoms with Crippen LogP contribution in [0.15, 0.2) is 52.1 Å². The number of hydrogen-bond donors (Lipinski definition) is 2. The molecule has 8 nitrogen and oxygen atoms in total. The highest BCUT2D eigenvalue weighted by Gasteiger charge is 2.16. The number of fused-ring (bicyclic) bond motifs is 1. The molecule has 0 spiro atoms. The number of nitrogens with one attached hydrogen (secondary N) is 2. The fourth-order valence-corrected chi connectivity index (χ4v) is 3.03. The van der Waals surface area contributed by atoms with Gasteiger partial charge in [-0.3, -0.25) is 23.9 Å². The van der Waals surface area contributed by atoms with Gasteiger partial charge in [-0.05, 0) is 30.3 Å². The molecule has 0 saturated heterocycles. The Hall–Kier alpha value is -3.10. The van der Waals surface area contributed by atoms with Gasteiger partial charge in [0.15, 0.2) is 0 Å². The van der Waals surface area contributed by atoms with Gasteiger partial charge in [-0.25, -0.2) is 4.79 Å². The van der Waals surface area contributed by atoms with Gasteiger partial charge in [-0.2, -0.15) is 0 Å². The summed E-state index contributed by atoms with van der Waals surface area (Å²) in [5.41, 5.74) is -0.448. The van der Waals surface area contributed by atoms with Crippen LogP contribution in [0.1, 0.15) is 0 Å². The second kappa shape index (κ2) is 8.50. The maximum absolute atomic E-state index is 12.5. The zero-order valence-corrected chi connectivity index (χ0v) is 16.8. The molecule has 1 aromatic heterocycles. The van der Waals surface area contributed by atoms with Crippen molar-refractivity contribution in [3.8, 4) is 0 Å². The first-order chi connectivity index (χ1) is 13.8. The normalized spacial score (nSPS) is 10.7. The van der Waals surface area contributed by atoms with Crippen molar-refractivity contribution in [1.29, 1.82) is 0 Å². The molecule has 3 aromatic rings. The Kier molecular flexibility index (Phi) is 6.05. The second-order valence-corrected chi connectivity index (χ2v) is 7.10. The van der Waals surface area contributed by atoms with Crippen molar-refractivity contribution in [3.63, 3.8) is 0 Å². The number of anilines is 1. The largest absolute Gasteiger partial charge is 0.335 e. The van der Waals surface area contributed by atoms with Crippen LogP contribution in [0.25, 0.3) is 10.9 Å². The predicted molar refractivity (Wildman–Crippen MR) is 112 cm³/mol. The molecule has 0 radical (unpaired) electrons. The summed E-state index contributed by atoms with van der Waals surface area (Å²) >= 11 is 11.7. The van der Waals surface area contributed by atoms with Gasteiger partial charge in [-0.15, -0.1) is 0 Å². The van der Waals surface area contributed by atoms with Crippen LogP contribution in [0, 0.1) is 0 Å². The zero-order chi connectivity index (χ0) is 21.1. The average molecular weight is 435 g/mol. The highest BCUT2D eigenvalue weighted by Crippen LogP contribution is 2.24. The van der Waals surface area contributed by atoms with Crippen molar-refractivity contribution >= 4 is 51.6 Å². The molecule has 2 amide bonds. The van der Waals surface area contributed by atoms with Crippen molar-refractivity contribution in [2.24, 2.45) is 0 Å². The van der Waals surface area contributed by atoms with Crippen LogP contribution in [0.3, 0.4) is 0 Å². The number of carbonyl (C=O) groups is 2. The molecule has 0 unspecified atom stereocenters. The lowest BCUT2D eigenvalue weighted by molar-refractivity contribution is -0.133. The van der Waals surface area contributed by atoms with Gasteiger partial charge in [0.1, 0.15) is 6.54 Å². The lowest BCUT2D eigenvalue weighted by Gasteiger charge is -2.18. The number of benzene rings is 2. The van der Waals surface area contributed by atoms with Crippen molar-refractivity contribution in [2.45, 2.75) is 6.54 Å². The van der Waals surface area contributed by atoms with Crippen LogP contribution in [-0.4, -0.2) is 39.9 Å². The van der Waals surface area contributed by atoms with E-state index in [2.05, 4.69) is 10.3 Å². The Morgan fingerprint density at radius 3 is 2.55 bits per heavy atom. The van der Waals surface area contributed by atoms with E-state index >= 15 is 0 Å². The predicted octanol–water partition coefficient (Wildman–Crippen LogP) is 2.09. The molecule has 29 heavy (non-hydrogen) atoms. The topological polar surface area (TPSA) is 104 Å². The van der Waals surface area contributed by atoms with E-state index in [1.54, 1.807) is 36.4 Å². The van der Waals surface area contributed by atoms with Gasteiger partial charge in [0, 0.05) is 12.7 Å². The third kappa shape index (κ3) is 4.67. The quantitative estimate of drug-likeness (QED) is 0.641. The van der Waals surface area contributed by atoms with Crippen LogP contribution in [0.4, 0.5) is 5.69 Å². The number of likely N-dealkylation sites (N-methyl/N-ethyl adjacent to an activating group) is 1. The summed E-state index contributed by atoms with van der Waals surface area (Å²) in [6.07, 6.45) is 0.